The first kappa shape index (κ1) is 10.6. The number of benzene rings is 1. The van der Waals surface area contributed by atoms with E-state index in [-0.39, 0.29) is 0 Å². The van der Waals surface area contributed by atoms with Crippen molar-refractivity contribution in [3.05, 3.63) is 42.4 Å². The van der Waals surface area contributed by atoms with Gasteiger partial charge in [-0.15, -0.1) is 0 Å². The van der Waals surface area contributed by atoms with Crippen LogP contribution in [0.4, 0.5) is 5.69 Å². The molecule has 3 rings (SSSR count). The van der Waals surface area contributed by atoms with E-state index in [1.807, 2.05) is 31.2 Å². The summed E-state index contributed by atoms with van der Waals surface area (Å²) in [4.78, 5) is 4.31. The zero-order chi connectivity index (χ0) is 12.5. The van der Waals surface area contributed by atoms with Crippen molar-refractivity contribution in [1.29, 1.82) is 0 Å². The Balaban J connectivity index is 2.02. The molecule has 0 aliphatic heterocycles. The highest BCUT2D eigenvalue weighted by Gasteiger charge is 2.13. The molecule has 2 N–H and O–H groups in total. The maximum Gasteiger partial charge on any atom is 0.261 e. The van der Waals surface area contributed by atoms with Crippen molar-refractivity contribution in [2.45, 2.75) is 6.92 Å². The van der Waals surface area contributed by atoms with Crippen molar-refractivity contribution in [1.82, 2.24) is 10.1 Å². The van der Waals surface area contributed by atoms with Gasteiger partial charge in [0.1, 0.15) is 12.0 Å². The van der Waals surface area contributed by atoms with Crippen molar-refractivity contribution in [2.24, 2.45) is 0 Å². The van der Waals surface area contributed by atoms with Crippen molar-refractivity contribution in [3.63, 3.8) is 0 Å². The first-order chi connectivity index (χ1) is 8.74. The number of nitrogens with two attached hydrogens (primary N) is 1. The monoisotopic (exact) mass is 241 g/mol. The minimum Gasteiger partial charge on any atom is -0.469 e. The number of nitrogens with zero attached hydrogens (tertiary/aromatic N) is 2. The van der Waals surface area contributed by atoms with Crippen LogP contribution in [0.25, 0.3) is 22.8 Å². The lowest BCUT2D eigenvalue weighted by Crippen LogP contribution is -1.90. The smallest absolute Gasteiger partial charge is 0.261 e. The van der Waals surface area contributed by atoms with Crippen LogP contribution in [0, 0.1) is 6.92 Å². The van der Waals surface area contributed by atoms with E-state index >= 15 is 0 Å². The molecule has 0 saturated carbocycles. The van der Waals surface area contributed by atoms with Crippen LogP contribution in [0.1, 0.15) is 5.76 Å². The molecule has 18 heavy (non-hydrogen) atoms. The Hall–Kier alpha value is -2.56. The van der Waals surface area contributed by atoms with Crippen LogP contribution in [0.15, 0.2) is 45.5 Å². The molecule has 2 aromatic heterocycles. The van der Waals surface area contributed by atoms with Gasteiger partial charge in [0.2, 0.25) is 5.82 Å². The minimum absolute atomic E-state index is 0.421. The third-order valence-corrected chi connectivity index (χ3v) is 2.61. The number of aryl methyl sites for hydroxylation is 1. The lowest BCUT2D eigenvalue weighted by atomic mass is 10.2. The van der Waals surface area contributed by atoms with Gasteiger partial charge in [0, 0.05) is 11.3 Å². The first-order valence-corrected chi connectivity index (χ1v) is 5.48. The molecule has 5 heteroatoms. The summed E-state index contributed by atoms with van der Waals surface area (Å²) in [7, 11) is 0. The number of aromatic nitrogens is 2. The summed E-state index contributed by atoms with van der Waals surface area (Å²) in [5.74, 6) is 1.69. The highest BCUT2D eigenvalue weighted by Crippen LogP contribution is 2.26. The molecule has 0 bridgehead atoms. The molecule has 0 spiro atoms. The molecule has 2 heterocycles. The van der Waals surface area contributed by atoms with Crippen LogP contribution in [-0.4, -0.2) is 10.1 Å². The molecule has 0 atom stereocenters. The van der Waals surface area contributed by atoms with E-state index < -0.39 is 0 Å². The van der Waals surface area contributed by atoms with E-state index in [0.29, 0.717) is 17.4 Å². The molecule has 90 valence electrons. The fourth-order valence-corrected chi connectivity index (χ4v) is 1.71. The van der Waals surface area contributed by atoms with Crippen LogP contribution in [0.3, 0.4) is 0 Å². The van der Waals surface area contributed by atoms with Crippen LogP contribution >= 0.6 is 0 Å². The predicted molar refractivity (Wildman–Crippen MR) is 66.6 cm³/mol. The van der Waals surface area contributed by atoms with E-state index in [9.17, 15) is 0 Å². The molecule has 0 saturated heterocycles. The van der Waals surface area contributed by atoms with Gasteiger partial charge in [0.25, 0.3) is 5.89 Å². The zero-order valence-electron chi connectivity index (χ0n) is 9.75. The molecule has 0 fully saturated rings. The van der Waals surface area contributed by atoms with E-state index in [1.54, 1.807) is 12.3 Å². The number of nitrogen functional groups attached to an aromatic ring is 1. The third-order valence-electron chi connectivity index (χ3n) is 2.61. The molecule has 0 aliphatic carbocycles. The van der Waals surface area contributed by atoms with Crippen molar-refractivity contribution in [3.8, 4) is 22.8 Å². The molecule has 0 radical (unpaired) electrons. The lowest BCUT2D eigenvalue weighted by molar-refractivity contribution is 0.431. The Labute approximate surface area is 103 Å². The second kappa shape index (κ2) is 4.03. The highest BCUT2D eigenvalue weighted by atomic mass is 16.5. The molecular formula is C13H11N3O2. The van der Waals surface area contributed by atoms with Gasteiger partial charge < -0.3 is 14.7 Å². The van der Waals surface area contributed by atoms with Gasteiger partial charge in [0.15, 0.2) is 0 Å². The van der Waals surface area contributed by atoms with E-state index in [1.165, 1.54) is 0 Å². The first-order valence-electron chi connectivity index (χ1n) is 5.48. The van der Waals surface area contributed by atoms with E-state index in [4.69, 9.17) is 14.7 Å². The topological polar surface area (TPSA) is 78.1 Å². The summed E-state index contributed by atoms with van der Waals surface area (Å²) in [5.41, 5.74) is 8.00. The Morgan fingerprint density at radius 1 is 1.22 bits per heavy atom. The average Bonchev–Trinajstić information content (AvgIpc) is 2.98. The Kier molecular flexibility index (Phi) is 2.37. The van der Waals surface area contributed by atoms with E-state index in [0.717, 1.165) is 16.9 Å². The fraction of sp³-hybridized carbons (Fsp3) is 0.0769. The quantitative estimate of drug-likeness (QED) is 0.698. The summed E-state index contributed by atoms with van der Waals surface area (Å²) in [6.07, 6.45) is 1.58. The molecule has 0 aliphatic rings. The molecular weight excluding hydrogens is 230 g/mol. The lowest BCUT2D eigenvalue weighted by Gasteiger charge is -1.97. The number of hydrogen-bond donors (Lipinski definition) is 1. The van der Waals surface area contributed by atoms with Crippen molar-refractivity contribution < 1.29 is 8.94 Å². The maximum absolute atomic E-state index is 5.86. The van der Waals surface area contributed by atoms with Gasteiger partial charge in [0.05, 0.1) is 5.56 Å². The van der Waals surface area contributed by atoms with Gasteiger partial charge in [-0.3, -0.25) is 0 Å². The summed E-state index contributed by atoms with van der Waals surface area (Å²) in [6.45, 7) is 1.86. The van der Waals surface area contributed by atoms with E-state index in [2.05, 4.69) is 10.1 Å². The number of furan rings is 1. The average molecular weight is 241 g/mol. The molecule has 1 aromatic carbocycles. The summed E-state index contributed by atoms with van der Waals surface area (Å²) < 4.78 is 10.4. The van der Waals surface area contributed by atoms with Crippen LogP contribution in [-0.2, 0) is 0 Å². The number of para-hydroxylation sites is 1. The largest absolute Gasteiger partial charge is 0.469 e. The number of rotatable bonds is 2. The Bertz CT molecular complexity index is 685. The SMILES string of the molecule is Cc1cc(-c2nc(-c3ccccc3N)no2)co1. The predicted octanol–water partition coefficient (Wildman–Crippen LogP) is 2.89. The van der Waals surface area contributed by atoms with Crippen LogP contribution in [0.2, 0.25) is 0 Å². The Morgan fingerprint density at radius 2 is 2.06 bits per heavy atom. The molecule has 5 nitrogen and oxygen atoms in total. The standard InChI is InChI=1S/C13H11N3O2/c1-8-6-9(7-17-8)13-15-12(16-18-13)10-4-2-3-5-11(10)14/h2-7H,14H2,1H3. The van der Waals surface area contributed by atoms with Crippen LogP contribution in [0.5, 0.6) is 0 Å². The van der Waals surface area contributed by atoms with Gasteiger partial charge in [-0.05, 0) is 25.1 Å². The van der Waals surface area contributed by atoms with Crippen molar-refractivity contribution >= 4 is 5.69 Å². The zero-order valence-corrected chi connectivity index (χ0v) is 9.75. The summed E-state index contributed by atoms with van der Waals surface area (Å²) in [6, 6.07) is 9.23. The number of hydrogen-bond acceptors (Lipinski definition) is 5. The summed E-state index contributed by atoms with van der Waals surface area (Å²) in [5, 5.41) is 3.93. The van der Waals surface area contributed by atoms with Crippen molar-refractivity contribution in [2.75, 3.05) is 5.73 Å². The van der Waals surface area contributed by atoms with Gasteiger partial charge in [-0.1, -0.05) is 17.3 Å². The molecule has 3 aromatic rings. The molecule has 0 amide bonds. The van der Waals surface area contributed by atoms with Gasteiger partial charge in [-0.2, -0.15) is 4.98 Å². The second-order valence-electron chi connectivity index (χ2n) is 3.96. The number of anilines is 1. The van der Waals surface area contributed by atoms with Gasteiger partial charge in [-0.25, -0.2) is 0 Å². The fourth-order valence-electron chi connectivity index (χ4n) is 1.71. The Morgan fingerprint density at radius 3 is 2.78 bits per heavy atom. The maximum atomic E-state index is 5.86. The van der Waals surface area contributed by atoms with Gasteiger partial charge >= 0.3 is 0 Å². The third kappa shape index (κ3) is 1.75. The molecule has 0 unspecified atom stereocenters. The second-order valence-corrected chi connectivity index (χ2v) is 3.96. The minimum atomic E-state index is 0.421. The van der Waals surface area contributed by atoms with Crippen LogP contribution < -0.4 is 5.73 Å². The summed E-state index contributed by atoms with van der Waals surface area (Å²) >= 11 is 0. The normalized spacial score (nSPS) is 10.7. The highest BCUT2D eigenvalue weighted by molar-refractivity contribution is 5.71.